The predicted molar refractivity (Wildman–Crippen MR) is 302 cm³/mol. The number of aliphatic imine (C=N–C) groups is 4. The number of anilines is 2. The number of rotatable bonds is 13. The van der Waals surface area contributed by atoms with E-state index in [0.29, 0.717) is 30.0 Å². The lowest BCUT2D eigenvalue weighted by atomic mass is 10.2. The highest BCUT2D eigenvalue weighted by Crippen LogP contribution is 2.24. The fraction of sp³-hybridized carbons (Fsp3) is 0.460. The van der Waals surface area contributed by atoms with Gasteiger partial charge in [-0.05, 0) is 169 Å². The van der Waals surface area contributed by atoms with Crippen LogP contribution in [0, 0.1) is 18.6 Å². The molecule has 5 aromatic rings. The first-order valence-electron chi connectivity index (χ1n) is 24.4. The van der Waals surface area contributed by atoms with Crippen LogP contribution in [0.25, 0.3) is 0 Å². The first kappa shape index (κ1) is 69.6. The van der Waals surface area contributed by atoms with Crippen LogP contribution in [-0.2, 0) is 23.7 Å². The number of nitrogens with one attached hydrogen (secondary N) is 6. The molecule has 32 heteroatoms. The molecule has 0 unspecified atom stereocenters. The zero-order chi connectivity index (χ0) is 60.7. The Morgan fingerprint density at radius 3 is 1.67 bits per heavy atom. The van der Waals surface area contributed by atoms with Gasteiger partial charge in [0.2, 0.25) is 17.6 Å². The molecule has 0 fully saturated rings. The van der Waals surface area contributed by atoms with E-state index in [1.165, 1.54) is 59.7 Å². The van der Waals surface area contributed by atoms with Crippen molar-refractivity contribution >= 4 is 86.7 Å². The second kappa shape index (κ2) is 32.1. The number of nitrogens with zero attached hydrogens (tertiary/aromatic N) is 10. The molecule has 3 amide bonds. The van der Waals surface area contributed by atoms with E-state index < -0.39 is 52.5 Å². The highest BCUT2D eigenvalue weighted by atomic mass is 79.9. The van der Waals surface area contributed by atoms with Crippen LogP contribution in [0.5, 0.6) is 0 Å². The van der Waals surface area contributed by atoms with E-state index in [-0.39, 0.29) is 83.7 Å². The van der Waals surface area contributed by atoms with Crippen molar-refractivity contribution in [3.63, 3.8) is 0 Å². The molecule has 0 atom stereocenters. The number of carbonyl (C=O) groups excluding carboxylic acids is 4. The number of amidine groups is 3. The van der Waals surface area contributed by atoms with E-state index in [0.717, 1.165) is 0 Å². The van der Waals surface area contributed by atoms with Crippen molar-refractivity contribution in [2.75, 3.05) is 36.8 Å². The number of amides is 3. The lowest BCUT2D eigenvalue weighted by Crippen LogP contribution is -2.40. The molecular formula is C50H72BrF2N17O12. The summed E-state index contributed by atoms with van der Waals surface area (Å²) >= 11 is 3.06. The molecule has 29 nitrogen and oxygen atoms in total. The molecule has 0 aliphatic rings. The number of hydrogen-bond donors (Lipinski definition) is 9. The van der Waals surface area contributed by atoms with Gasteiger partial charge in [0.15, 0.2) is 23.1 Å². The molecule has 0 spiro atoms. The first-order chi connectivity index (χ1) is 37.8. The number of ether oxygens (including phenoxy) is 4. The van der Waals surface area contributed by atoms with E-state index in [4.69, 9.17) is 29.3 Å². The Balaban J connectivity index is 0.000000446. The molecule has 0 aliphatic heterocycles. The van der Waals surface area contributed by atoms with E-state index in [1.54, 1.807) is 90.0 Å². The summed E-state index contributed by atoms with van der Waals surface area (Å²) in [5, 5.41) is 44.2. The number of halogens is 3. The molecule has 10 N–H and O–H groups in total. The van der Waals surface area contributed by atoms with Crippen molar-refractivity contribution in [1.82, 2.24) is 51.8 Å². The summed E-state index contributed by atoms with van der Waals surface area (Å²) < 4.78 is 58.5. The first-order valence-corrected chi connectivity index (χ1v) is 25.2. The summed E-state index contributed by atoms with van der Waals surface area (Å²) in [5.41, 5.74) is 7.77. The number of imidazole rings is 1. The van der Waals surface area contributed by atoms with Gasteiger partial charge in [0, 0.05) is 32.0 Å². The third kappa shape index (κ3) is 26.6. The minimum absolute atomic E-state index is 0. The number of aryl methyl sites for hydroxylation is 1. The van der Waals surface area contributed by atoms with Gasteiger partial charge in [-0.1, -0.05) is 7.43 Å². The highest BCUT2D eigenvalue weighted by Gasteiger charge is 2.24. The number of esters is 1. The number of aromatic nitrogens is 6. The van der Waals surface area contributed by atoms with Gasteiger partial charge in [-0.2, -0.15) is 0 Å². The van der Waals surface area contributed by atoms with Gasteiger partial charge < -0.3 is 35.3 Å². The van der Waals surface area contributed by atoms with Crippen molar-refractivity contribution in [3.05, 3.63) is 88.2 Å². The van der Waals surface area contributed by atoms with Crippen molar-refractivity contribution in [3.8, 4) is 0 Å². The molecule has 5 rings (SSSR count). The lowest BCUT2D eigenvalue weighted by Gasteiger charge is -2.21. The van der Waals surface area contributed by atoms with Crippen molar-refractivity contribution < 1.29 is 66.6 Å². The van der Waals surface area contributed by atoms with E-state index >= 15 is 0 Å². The maximum atomic E-state index is 13.5. The topological polar surface area (TPSA) is 389 Å². The zero-order valence-electron chi connectivity index (χ0n) is 46.9. The third-order valence-electron chi connectivity index (χ3n) is 8.64. The van der Waals surface area contributed by atoms with E-state index in [1.807, 2.05) is 11.0 Å². The monoisotopic (exact) mass is 1220 g/mol. The SMILES string of the molecule is C.CC(C)(C)OC(=O)N=C(NC(=O)OC(C)(C)C)n1ccnc1.Cc1cc(N=C(NO)c2nonc2NCCN=C(CC(=O)OC(C)(C)C)NC(=O)OC(C)(C)C)ccc1F.NCCNc1nonc1C(=Nc1ccc(F)c(Br)c1)NO. The van der Waals surface area contributed by atoms with Crippen molar-refractivity contribution in [1.29, 1.82) is 0 Å². The van der Waals surface area contributed by atoms with Crippen LogP contribution >= 0.6 is 15.9 Å². The Kier molecular flexibility index (Phi) is 27.2. The predicted octanol–water partition coefficient (Wildman–Crippen LogP) is 8.22. The number of benzene rings is 2. The summed E-state index contributed by atoms with van der Waals surface area (Å²) in [6, 6.07) is 8.31. The zero-order valence-corrected chi connectivity index (χ0v) is 48.5. The van der Waals surface area contributed by atoms with Crippen LogP contribution in [0.2, 0.25) is 0 Å². The van der Waals surface area contributed by atoms with Crippen LogP contribution < -0.4 is 38.0 Å². The Labute approximate surface area is 480 Å². The van der Waals surface area contributed by atoms with Crippen molar-refractivity contribution in [2.45, 2.75) is 126 Å². The average molecular weight is 1220 g/mol. The summed E-state index contributed by atoms with van der Waals surface area (Å²) in [5.74, 6) is -1.07. The molecule has 450 valence electrons. The molecule has 0 aliphatic carbocycles. The second-order valence-corrected chi connectivity index (χ2v) is 21.3. The summed E-state index contributed by atoms with van der Waals surface area (Å²) in [6.07, 6.45) is 1.80. The van der Waals surface area contributed by atoms with Crippen molar-refractivity contribution in [2.24, 2.45) is 25.7 Å². The summed E-state index contributed by atoms with van der Waals surface area (Å²) in [4.78, 5) is 68.3. The molecule has 0 saturated heterocycles. The molecule has 3 aromatic heterocycles. The summed E-state index contributed by atoms with van der Waals surface area (Å²) in [6.45, 7) is 23.3. The summed E-state index contributed by atoms with van der Waals surface area (Å²) in [7, 11) is 0. The highest BCUT2D eigenvalue weighted by molar-refractivity contribution is 9.10. The number of alkyl carbamates (subject to hydrolysis) is 2. The lowest BCUT2D eigenvalue weighted by molar-refractivity contribution is -0.153. The molecule has 82 heavy (non-hydrogen) atoms. The van der Waals surface area contributed by atoms with Gasteiger partial charge in [0.25, 0.3) is 0 Å². The third-order valence-corrected chi connectivity index (χ3v) is 9.24. The van der Waals surface area contributed by atoms with Crippen LogP contribution in [-0.4, -0.2) is 137 Å². The van der Waals surface area contributed by atoms with Crippen LogP contribution in [0.3, 0.4) is 0 Å². The Bertz CT molecular complexity index is 2960. The standard InChI is InChI=1S/C24H34FN7O6.C14H22N4O4.C11H12BrFN6O2.CH4/c1-14-12-15(8-9-16(14)25)28-21(30-35)19-20(32-38-31-19)27-11-10-26-17(13-18(33)36-23(2,3)4)29-22(34)37-24(5,6)7;1-13(2,3)21-11(19)16-10(18-8-7-15-9-18)17-12(20)22-14(4,5)6;12-7-5-6(1-2-8(7)13)16-11(17-20)9-10(15-4-3-14)19-21-18-9;/h8-9,12,35H,10-11,13H2,1-7H3,(H,27,32)(H,28,30)(H,26,29,34);7-9H,1-6H3,(H,16,17,19,20);1-2,5,20H,3-4,14H2,(H,15,19)(H,16,17);1H4. The largest absolute Gasteiger partial charge is 0.460 e. The quantitative estimate of drug-likeness (QED) is 0.0134. The fourth-order valence-corrected chi connectivity index (χ4v) is 5.99. The molecule has 2 aromatic carbocycles. The molecular weight excluding hydrogens is 1150 g/mol. The number of hydroxylamine groups is 2. The Morgan fingerprint density at radius 1 is 0.707 bits per heavy atom. The van der Waals surface area contributed by atoms with Gasteiger partial charge in [-0.3, -0.25) is 46.4 Å². The molecule has 0 saturated carbocycles. The van der Waals surface area contributed by atoms with Gasteiger partial charge in [-0.15, -0.1) is 4.99 Å². The van der Waals surface area contributed by atoms with Gasteiger partial charge in [-0.25, -0.2) is 47.4 Å². The minimum atomic E-state index is -0.827. The Morgan fingerprint density at radius 2 is 1.21 bits per heavy atom. The van der Waals surface area contributed by atoms with Crippen LogP contribution in [0.15, 0.2) is 88.8 Å². The van der Waals surface area contributed by atoms with E-state index in [2.05, 4.69) is 87.4 Å². The molecule has 3 heterocycles. The normalized spacial score (nSPS) is 12.2. The van der Waals surface area contributed by atoms with E-state index in [9.17, 15) is 38.4 Å². The number of carbonyl (C=O) groups is 4. The average Bonchev–Trinajstić information content (AvgIpc) is 4.19. The van der Waals surface area contributed by atoms with Gasteiger partial charge in [0.1, 0.15) is 52.6 Å². The molecule has 0 bridgehead atoms. The van der Waals surface area contributed by atoms with Gasteiger partial charge >= 0.3 is 24.2 Å². The maximum Gasteiger partial charge on any atom is 0.437 e. The fourth-order valence-electron chi connectivity index (χ4n) is 5.62. The van der Waals surface area contributed by atoms with Crippen LogP contribution in [0.1, 0.15) is 114 Å². The van der Waals surface area contributed by atoms with Crippen LogP contribution in [0.4, 0.5) is 46.2 Å². The molecule has 0 radical (unpaired) electrons. The van der Waals surface area contributed by atoms with Gasteiger partial charge in [0.05, 0.1) is 22.4 Å². The maximum absolute atomic E-state index is 13.5. The minimum Gasteiger partial charge on any atom is -0.460 e. The second-order valence-electron chi connectivity index (χ2n) is 20.5. The Hall–Kier alpha value is -8.49. The smallest absolute Gasteiger partial charge is 0.437 e. The number of nitrogens with two attached hydrogens (primary N) is 1. The number of hydrogen-bond acceptors (Lipinski definition) is 23.